The van der Waals surface area contributed by atoms with Gasteiger partial charge in [-0.15, -0.1) is 0 Å². The van der Waals surface area contributed by atoms with E-state index < -0.39 is 11.8 Å². The van der Waals surface area contributed by atoms with Crippen molar-refractivity contribution in [2.45, 2.75) is 75.9 Å². The van der Waals surface area contributed by atoms with Crippen molar-refractivity contribution >= 4 is 5.69 Å². The zero-order chi connectivity index (χ0) is 25.3. The van der Waals surface area contributed by atoms with Gasteiger partial charge in [0.05, 0.1) is 11.7 Å². The molecule has 3 atom stereocenters. The predicted octanol–water partition coefficient (Wildman–Crippen LogP) is 7.23. The van der Waals surface area contributed by atoms with Crippen LogP contribution in [0.15, 0.2) is 47.7 Å². The molecule has 198 valence electrons. The molecule has 3 aliphatic carbocycles. The zero-order valence-corrected chi connectivity index (χ0v) is 21.7. The number of hydrogen-bond donors (Lipinski definition) is 1. The van der Waals surface area contributed by atoms with Crippen molar-refractivity contribution in [3.8, 4) is 0 Å². The van der Waals surface area contributed by atoms with Crippen LogP contribution in [0.25, 0.3) is 0 Å². The van der Waals surface area contributed by atoms with Gasteiger partial charge < -0.3 is 19.5 Å². The first-order valence-corrected chi connectivity index (χ1v) is 13.8. The molecule has 1 saturated heterocycles. The molecule has 1 aliphatic heterocycles. The number of piperidine rings is 1. The molecule has 4 aliphatic rings. The van der Waals surface area contributed by atoms with Crippen molar-refractivity contribution in [1.82, 2.24) is 0 Å². The molecule has 1 unspecified atom stereocenters. The van der Waals surface area contributed by atoms with E-state index in [-0.39, 0.29) is 36.7 Å². The van der Waals surface area contributed by atoms with Crippen LogP contribution in [0.2, 0.25) is 0 Å². The largest absolute Gasteiger partial charge is 0.512 e. The van der Waals surface area contributed by atoms with Gasteiger partial charge in [-0.1, -0.05) is 49.5 Å². The maximum atomic E-state index is 15.4. The van der Waals surface area contributed by atoms with E-state index in [0.29, 0.717) is 11.8 Å². The topological polar surface area (TPSA) is 41.9 Å². The van der Waals surface area contributed by atoms with Crippen LogP contribution in [0.5, 0.6) is 0 Å². The third-order valence-electron chi connectivity index (χ3n) is 9.28. The summed E-state index contributed by atoms with van der Waals surface area (Å²) in [6.45, 7) is 1.90. The van der Waals surface area contributed by atoms with Gasteiger partial charge in [0.2, 0.25) is 0 Å². The minimum absolute atomic E-state index is 0.0106. The van der Waals surface area contributed by atoms with Crippen molar-refractivity contribution in [1.29, 1.82) is 0 Å². The van der Waals surface area contributed by atoms with Gasteiger partial charge >= 0.3 is 0 Å². The second kappa shape index (κ2) is 10.8. The number of fused-ring (bicyclic) bond motifs is 1. The summed E-state index contributed by atoms with van der Waals surface area (Å²) in [5, 5.41) is 10.1. The van der Waals surface area contributed by atoms with Crippen molar-refractivity contribution in [3.05, 3.63) is 53.3 Å². The maximum Gasteiger partial charge on any atom is 0.255 e. The van der Waals surface area contributed by atoms with E-state index in [0.717, 1.165) is 43.5 Å². The molecule has 1 aromatic rings. The fraction of sp³-hybridized carbons (Fsp3) is 0.667. The molecule has 0 bridgehead atoms. The average molecular weight is 502 g/mol. The van der Waals surface area contributed by atoms with E-state index in [9.17, 15) is 5.11 Å². The van der Waals surface area contributed by atoms with Crippen LogP contribution in [0.4, 0.5) is 14.5 Å². The molecule has 36 heavy (non-hydrogen) atoms. The lowest BCUT2D eigenvalue weighted by atomic mass is 9.62. The first kappa shape index (κ1) is 25.7. The molecular formula is C30H41F2NO3. The lowest BCUT2D eigenvalue weighted by Gasteiger charge is -2.45. The molecule has 3 fully saturated rings. The van der Waals surface area contributed by atoms with E-state index in [1.165, 1.54) is 31.4 Å². The fourth-order valence-electron chi connectivity index (χ4n) is 7.46. The number of benzene rings is 1. The Morgan fingerprint density at radius 2 is 1.67 bits per heavy atom. The van der Waals surface area contributed by atoms with E-state index in [1.54, 1.807) is 26.4 Å². The monoisotopic (exact) mass is 501 g/mol. The summed E-state index contributed by atoms with van der Waals surface area (Å²) in [5.41, 5.74) is 3.13. The molecule has 0 amide bonds. The molecule has 1 aromatic carbocycles. The summed E-state index contributed by atoms with van der Waals surface area (Å²) >= 11 is 0. The molecule has 1 heterocycles. The number of hydrogen-bond acceptors (Lipinski definition) is 4. The molecule has 4 nitrogen and oxygen atoms in total. The highest BCUT2D eigenvalue weighted by Crippen LogP contribution is 2.56. The van der Waals surface area contributed by atoms with Gasteiger partial charge in [0.1, 0.15) is 0 Å². The van der Waals surface area contributed by atoms with Crippen LogP contribution in [-0.4, -0.2) is 44.6 Å². The highest BCUT2D eigenvalue weighted by atomic mass is 19.3. The van der Waals surface area contributed by atoms with E-state index in [2.05, 4.69) is 29.2 Å². The normalized spacial score (nSPS) is 29.2. The number of rotatable bonds is 7. The Morgan fingerprint density at radius 1 is 1.00 bits per heavy atom. The molecule has 0 aromatic heterocycles. The SMILES string of the molecule is COC(OC)C1CCN(c2ccc([C@H]3C4=CC=C(O)CC4C(F)(F)C[C@H]3CC3CCCC3)cc2)CC1. The first-order chi connectivity index (χ1) is 17.4. The molecule has 1 N–H and O–H groups in total. The Morgan fingerprint density at radius 3 is 2.31 bits per heavy atom. The van der Waals surface area contributed by atoms with Crippen LogP contribution in [0, 0.1) is 23.7 Å². The smallest absolute Gasteiger partial charge is 0.255 e. The average Bonchev–Trinajstić information content (AvgIpc) is 3.39. The molecule has 5 rings (SSSR count). The van der Waals surface area contributed by atoms with E-state index >= 15 is 8.78 Å². The highest BCUT2D eigenvalue weighted by Gasteiger charge is 2.53. The van der Waals surface area contributed by atoms with Crippen LogP contribution >= 0.6 is 0 Å². The number of aliphatic hydroxyl groups is 1. The van der Waals surface area contributed by atoms with Crippen molar-refractivity contribution in [2.75, 3.05) is 32.2 Å². The van der Waals surface area contributed by atoms with Crippen LogP contribution in [0.3, 0.4) is 0 Å². The van der Waals surface area contributed by atoms with Gasteiger partial charge in [-0.25, -0.2) is 8.78 Å². The fourth-order valence-corrected chi connectivity index (χ4v) is 7.46. The van der Waals surface area contributed by atoms with Crippen LogP contribution in [-0.2, 0) is 9.47 Å². The van der Waals surface area contributed by atoms with Crippen LogP contribution < -0.4 is 4.90 Å². The lowest BCUT2D eigenvalue weighted by Crippen LogP contribution is -2.43. The maximum absolute atomic E-state index is 15.4. The first-order valence-electron chi connectivity index (χ1n) is 13.8. The van der Waals surface area contributed by atoms with Gasteiger partial charge in [-0.3, -0.25) is 0 Å². The zero-order valence-electron chi connectivity index (χ0n) is 21.7. The summed E-state index contributed by atoms with van der Waals surface area (Å²) in [6, 6.07) is 8.68. The molecule has 6 heteroatoms. The summed E-state index contributed by atoms with van der Waals surface area (Å²) in [6.07, 6.45) is 10.9. The van der Waals surface area contributed by atoms with E-state index in [1.807, 2.05) is 0 Å². The quantitative estimate of drug-likeness (QED) is 0.400. The second-order valence-electron chi connectivity index (χ2n) is 11.4. The van der Waals surface area contributed by atoms with Gasteiger partial charge in [0.25, 0.3) is 5.92 Å². The minimum atomic E-state index is -2.78. The molecule has 0 spiro atoms. The predicted molar refractivity (Wildman–Crippen MR) is 138 cm³/mol. The Hall–Kier alpha value is -1.92. The molecule has 0 radical (unpaired) electrons. The number of halogens is 2. The Bertz CT molecular complexity index is 941. The standard InChI is InChI=1S/C30H41F2NO3/c1-35-29(36-2)22-13-15-33(16-14-22)24-9-7-21(8-10-24)28-23(17-20-5-3-4-6-20)19-30(31,32)27-18-25(34)11-12-26(27)28/h7-12,20,22-23,27-29,34H,3-6,13-19H2,1-2H3/t23-,27?,28-/m1/s1. The Balaban J connectivity index is 1.37. The van der Waals surface area contributed by atoms with Gasteiger partial charge in [-0.2, -0.15) is 0 Å². The summed E-state index contributed by atoms with van der Waals surface area (Å²) in [5.74, 6) is -2.73. The van der Waals surface area contributed by atoms with Gasteiger partial charge in [0.15, 0.2) is 6.29 Å². The van der Waals surface area contributed by atoms with Crippen molar-refractivity contribution in [2.24, 2.45) is 23.7 Å². The number of methoxy groups -OCH3 is 2. The number of allylic oxidation sites excluding steroid dienone is 4. The highest BCUT2D eigenvalue weighted by molar-refractivity contribution is 5.50. The third kappa shape index (κ3) is 5.22. The van der Waals surface area contributed by atoms with Crippen LogP contribution in [0.1, 0.15) is 69.3 Å². The number of ether oxygens (including phenoxy) is 2. The second-order valence-corrected chi connectivity index (χ2v) is 11.4. The minimum Gasteiger partial charge on any atom is -0.512 e. The number of alkyl halides is 2. The molecule has 2 saturated carbocycles. The third-order valence-corrected chi connectivity index (χ3v) is 9.28. The lowest BCUT2D eigenvalue weighted by molar-refractivity contribution is -0.141. The molecular weight excluding hydrogens is 460 g/mol. The summed E-state index contributed by atoms with van der Waals surface area (Å²) in [7, 11) is 3.40. The van der Waals surface area contributed by atoms with Crippen molar-refractivity contribution < 1.29 is 23.4 Å². The van der Waals surface area contributed by atoms with Crippen molar-refractivity contribution in [3.63, 3.8) is 0 Å². The van der Waals surface area contributed by atoms with E-state index in [4.69, 9.17) is 9.47 Å². The summed E-state index contributed by atoms with van der Waals surface area (Å²) < 4.78 is 41.7. The van der Waals surface area contributed by atoms with Gasteiger partial charge in [-0.05, 0) is 54.9 Å². The number of nitrogens with zero attached hydrogens (tertiary/aromatic N) is 1. The Labute approximate surface area is 214 Å². The van der Waals surface area contributed by atoms with Gasteiger partial charge in [0, 0.05) is 57.7 Å². The Kier molecular flexibility index (Phi) is 7.73. The number of aliphatic hydroxyl groups excluding tert-OH is 1. The summed E-state index contributed by atoms with van der Waals surface area (Å²) in [4.78, 5) is 2.40. The number of anilines is 1.